The van der Waals surface area contributed by atoms with Crippen molar-refractivity contribution >= 4 is 11.8 Å². The quantitative estimate of drug-likeness (QED) is 0.521. The fourth-order valence-electron chi connectivity index (χ4n) is 2.52. The van der Waals surface area contributed by atoms with Gasteiger partial charge in [-0.2, -0.15) is 0 Å². The van der Waals surface area contributed by atoms with E-state index in [4.69, 9.17) is 4.74 Å². The molecule has 0 spiro atoms. The summed E-state index contributed by atoms with van der Waals surface area (Å²) in [6, 6.07) is 0. The highest BCUT2D eigenvalue weighted by Gasteiger charge is 2.35. The molecule has 0 amide bonds. The standard InChI is InChI=1S/C16H26O3/c1-4-6-7-8-14-13(9-10-15(14)17)11-16(18)19-12(3)5-2/h6-7,12-14H,4-5,8-11H2,1-3H3. The van der Waals surface area contributed by atoms with Gasteiger partial charge >= 0.3 is 5.97 Å². The number of ether oxygens (including phenoxy) is 1. The van der Waals surface area contributed by atoms with Crippen LogP contribution in [0.2, 0.25) is 0 Å². The Hall–Kier alpha value is -1.12. The third-order valence-electron chi connectivity index (χ3n) is 3.87. The molecule has 108 valence electrons. The van der Waals surface area contributed by atoms with Gasteiger partial charge in [0.2, 0.25) is 0 Å². The van der Waals surface area contributed by atoms with E-state index in [2.05, 4.69) is 19.1 Å². The first-order valence-corrected chi connectivity index (χ1v) is 7.45. The first-order chi connectivity index (χ1) is 9.08. The van der Waals surface area contributed by atoms with E-state index < -0.39 is 0 Å². The minimum atomic E-state index is -0.154. The number of carbonyl (C=O) groups excluding carboxylic acids is 2. The molecule has 0 heterocycles. The summed E-state index contributed by atoms with van der Waals surface area (Å²) in [5, 5.41) is 0. The van der Waals surface area contributed by atoms with E-state index in [0.29, 0.717) is 18.6 Å². The second kappa shape index (κ2) is 8.13. The van der Waals surface area contributed by atoms with Crippen molar-refractivity contribution in [1.82, 2.24) is 0 Å². The molecule has 0 aromatic rings. The molecule has 1 saturated carbocycles. The van der Waals surface area contributed by atoms with Crippen LogP contribution in [0.4, 0.5) is 0 Å². The van der Waals surface area contributed by atoms with Crippen molar-refractivity contribution in [3.05, 3.63) is 12.2 Å². The number of carbonyl (C=O) groups is 2. The molecule has 3 atom stereocenters. The zero-order chi connectivity index (χ0) is 14.3. The molecule has 0 bridgehead atoms. The highest BCUT2D eigenvalue weighted by molar-refractivity contribution is 5.84. The van der Waals surface area contributed by atoms with Gasteiger partial charge in [-0.05, 0) is 38.5 Å². The Labute approximate surface area is 116 Å². The van der Waals surface area contributed by atoms with Crippen molar-refractivity contribution < 1.29 is 14.3 Å². The van der Waals surface area contributed by atoms with Crippen LogP contribution in [-0.4, -0.2) is 17.9 Å². The van der Waals surface area contributed by atoms with E-state index in [1.54, 1.807) is 0 Å². The van der Waals surface area contributed by atoms with E-state index in [1.807, 2.05) is 13.8 Å². The maximum absolute atomic E-state index is 11.9. The lowest BCUT2D eigenvalue weighted by molar-refractivity contribution is -0.149. The molecular formula is C16H26O3. The normalized spacial score (nSPS) is 24.9. The summed E-state index contributed by atoms with van der Waals surface area (Å²) in [5.41, 5.74) is 0. The monoisotopic (exact) mass is 266 g/mol. The molecule has 1 fully saturated rings. The van der Waals surface area contributed by atoms with E-state index in [-0.39, 0.29) is 23.9 Å². The molecule has 0 radical (unpaired) electrons. The van der Waals surface area contributed by atoms with E-state index in [0.717, 1.165) is 25.7 Å². The summed E-state index contributed by atoms with van der Waals surface area (Å²) in [5.74, 6) is 0.346. The zero-order valence-corrected chi connectivity index (χ0v) is 12.4. The van der Waals surface area contributed by atoms with Gasteiger partial charge < -0.3 is 4.74 Å². The molecule has 1 aliphatic rings. The van der Waals surface area contributed by atoms with Crippen molar-refractivity contribution in [2.24, 2.45) is 11.8 Å². The van der Waals surface area contributed by atoms with Crippen LogP contribution in [0.25, 0.3) is 0 Å². The highest BCUT2D eigenvalue weighted by Crippen LogP contribution is 2.34. The average Bonchev–Trinajstić information content (AvgIpc) is 2.71. The lowest BCUT2D eigenvalue weighted by Crippen LogP contribution is -2.21. The van der Waals surface area contributed by atoms with Gasteiger partial charge in [0.25, 0.3) is 0 Å². The van der Waals surface area contributed by atoms with Gasteiger partial charge in [0.1, 0.15) is 5.78 Å². The zero-order valence-electron chi connectivity index (χ0n) is 12.4. The van der Waals surface area contributed by atoms with Crippen molar-refractivity contribution in [3.63, 3.8) is 0 Å². The minimum absolute atomic E-state index is 0.0206. The molecule has 3 nitrogen and oxygen atoms in total. The Morgan fingerprint density at radius 1 is 1.42 bits per heavy atom. The molecule has 19 heavy (non-hydrogen) atoms. The lowest BCUT2D eigenvalue weighted by atomic mass is 9.89. The van der Waals surface area contributed by atoms with Gasteiger partial charge in [-0.1, -0.05) is 26.0 Å². The largest absolute Gasteiger partial charge is 0.463 e. The Kier molecular flexibility index (Phi) is 6.82. The van der Waals surface area contributed by atoms with Gasteiger partial charge in [0.15, 0.2) is 0 Å². The van der Waals surface area contributed by atoms with Crippen LogP contribution in [-0.2, 0) is 14.3 Å². The predicted octanol–water partition coefficient (Wildman–Crippen LogP) is 3.67. The Morgan fingerprint density at radius 2 is 2.16 bits per heavy atom. The number of hydrogen-bond donors (Lipinski definition) is 0. The summed E-state index contributed by atoms with van der Waals surface area (Å²) < 4.78 is 5.30. The maximum Gasteiger partial charge on any atom is 0.306 e. The molecule has 0 saturated heterocycles. The topological polar surface area (TPSA) is 43.4 Å². The number of rotatable bonds is 7. The van der Waals surface area contributed by atoms with Crippen molar-refractivity contribution in [3.8, 4) is 0 Å². The smallest absolute Gasteiger partial charge is 0.306 e. The number of ketones is 1. The molecule has 0 aromatic carbocycles. The van der Waals surface area contributed by atoms with Gasteiger partial charge in [-0.3, -0.25) is 9.59 Å². The average molecular weight is 266 g/mol. The van der Waals surface area contributed by atoms with Crippen LogP contribution < -0.4 is 0 Å². The first-order valence-electron chi connectivity index (χ1n) is 7.45. The van der Waals surface area contributed by atoms with Gasteiger partial charge in [0.05, 0.1) is 6.10 Å². The second-order valence-electron chi connectivity index (χ2n) is 5.40. The summed E-state index contributed by atoms with van der Waals surface area (Å²) >= 11 is 0. The van der Waals surface area contributed by atoms with Crippen LogP contribution in [0.15, 0.2) is 12.2 Å². The predicted molar refractivity (Wildman–Crippen MR) is 75.7 cm³/mol. The molecule has 0 aliphatic heterocycles. The van der Waals surface area contributed by atoms with Crippen LogP contribution >= 0.6 is 0 Å². The lowest BCUT2D eigenvalue weighted by Gasteiger charge is -2.17. The summed E-state index contributed by atoms with van der Waals surface area (Å²) in [4.78, 5) is 23.7. The minimum Gasteiger partial charge on any atom is -0.463 e. The van der Waals surface area contributed by atoms with Crippen molar-refractivity contribution in [1.29, 1.82) is 0 Å². The number of esters is 1. The number of Topliss-reactive ketones (excluding diaryl/α,β-unsaturated/α-hetero) is 1. The number of hydrogen-bond acceptors (Lipinski definition) is 3. The first kappa shape index (κ1) is 15.9. The Morgan fingerprint density at radius 3 is 2.79 bits per heavy atom. The van der Waals surface area contributed by atoms with Gasteiger partial charge in [-0.25, -0.2) is 0 Å². The van der Waals surface area contributed by atoms with E-state index >= 15 is 0 Å². The van der Waals surface area contributed by atoms with Gasteiger partial charge in [0, 0.05) is 18.8 Å². The molecule has 1 aliphatic carbocycles. The van der Waals surface area contributed by atoms with E-state index in [9.17, 15) is 9.59 Å². The fraction of sp³-hybridized carbons (Fsp3) is 0.750. The summed E-state index contributed by atoms with van der Waals surface area (Å²) in [7, 11) is 0. The molecule has 1 rings (SSSR count). The maximum atomic E-state index is 11.9. The summed E-state index contributed by atoms with van der Waals surface area (Å²) in [6.45, 7) is 5.97. The molecule has 0 N–H and O–H groups in total. The van der Waals surface area contributed by atoms with Crippen molar-refractivity contribution in [2.45, 2.75) is 65.4 Å². The molecule has 3 unspecified atom stereocenters. The highest BCUT2D eigenvalue weighted by atomic mass is 16.5. The molecule has 0 aromatic heterocycles. The number of allylic oxidation sites excluding steroid dienone is 2. The summed E-state index contributed by atoms with van der Waals surface area (Å²) in [6.07, 6.45) is 8.56. The van der Waals surface area contributed by atoms with Crippen molar-refractivity contribution in [2.75, 3.05) is 0 Å². The van der Waals surface area contributed by atoms with Crippen LogP contribution in [0, 0.1) is 11.8 Å². The van der Waals surface area contributed by atoms with Crippen LogP contribution in [0.1, 0.15) is 59.3 Å². The Bertz CT molecular complexity index is 333. The second-order valence-corrected chi connectivity index (χ2v) is 5.40. The Balaban J connectivity index is 2.48. The SMILES string of the molecule is CCC=CCC1C(=O)CCC1CC(=O)OC(C)CC. The van der Waals surface area contributed by atoms with Crippen LogP contribution in [0.3, 0.4) is 0 Å². The third kappa shape index (κ3) is 5.17. The van der Waals surface area contributed by atoms with E-state index in [1.165, 1.54) is 0 Å². The molecule has 3 heteroatoms. The fourth-order valence-corrected chi connectivity index (χ4v) is 2.52. The molecular weight excluding hydrogens is 240 g/mol. The van der Waals surface area contributed by atoms with Crippen LogP contribution in [0.5, 0.6) is 0 Å². The third-order valence-corrected chi connectivity index (χ3v) is 3.87. The van der Waals surface area contributed by atoms with Gasteiger partial charge in [-0.15, -0.1) is 0 Å².